The van der Waals surface area contributed by atoms with E-state index in [9.17, 15) is 9.90 Å². The Kier molecular flexibility index (Phi) is 3.90. The number of phenolic OH excluding ortho intramolecular Hbond substituents is 1. The monoisotopic (exact) mass is 278 g/mol. The Morgan fingerprint density at radius 1 is 1.35 bits per heavy atom. The summed E-state index contributed by atoms with van der Waals surface area (Å²) < 4.78 is 5.35. The first-order valence-corrected chi connectivity index (χ1v) is 6.79. The minimum Gasteiger partial charge on any atom is -0.508 e. The molecule has 1 fully saturated rings. The molecule has 1 saturated heterocycles. The van der Waals surface area contributed by atoms with Gasteiger partial charge in [0.05, 0.1) is 0 Å². The summed E-state index contributed by atoms with van der Waals surface area (Å²) in [5.74, 6) is 0.155. The number of rotatable bonds is 1. The van der Waals surface area contributed by atoms with Crippen molar-refractivity contribution in [2.75, 3.05) is 13.1 Å². The normalized spacial score (nSPS) is 22.9. The number of amides is 1. The van der Waals surface area contributed by atoms with Crippen LogP contribution in [0.1, 0.15) is 32.3 Å². The zero-order valence-electron chi connectivity index (χ0n) is 12.2. The number of para-hydroxylation sites is 1. The number of ether oxygens (including phenoxy) is 1. The lowest BCUT2D eigenvalue weighted by Gasteiger charge is -2.24. The van der Waals surface area contributed by atoms with Crippen molar-refractivity contribution in [3.8, 4) is 5.75 Å². The fourth-order valence-corrected chi connectivity index (χ4v) is 2.43. The highest BCUT2D eigenvalue weighted by molar-refractivity contribution is 5.69. The summed E-state index contributed by atoms with van der Waals surface area (Å²) in [6.07, 6.45) is -0.356. The second-order valence-corrected chi connectivity index (χ2v) is 6.21. The largest absolute Gasteiger partial charge is 0.508 e. The predicted octanol–water partition coefficient (Wildman–Crippen LogP) is 2.05. The maximum Gasteiger partial charge on any atom is 0.410 e. The Morgan fingerprint density at radius 2 is 2.00 bits per heavy atom. The second-order valence-electron chi connectivity index (χ2n) is 6.21. The Labute approximate surface area is 119 Å². The van der Waals surface area contributed by atoms with Crippen LogP contribution in [-0.4, -0.2) is 40.8 Å². The second kappa shape index (κ2) is 5.32. The van der Waals surface area contributed by atoms with Crippen LogP contribution in [0.2, 0.25) is 0 Å². The van der Waals surface area contributed by atoms with Gasteiger partial charge in [0.2, 0.25) is 0 Å². The quantitative estimate of drug-likeness (QED) is 0.824. The van der Waals surface area contributed by atoms with Gasteiger partial charge in [-0.3, -0.25) is 0 Å². The number of likely N-dealkylation sites (tertiary alicyclic amines) is 1. The molecule has 0 radical (unpaired) electrons. The number of carbonyl (C=O) groups excluding carboxylic acids is 1. The molecule has 2 unspecified atom stereocenters. The fraction of sp³-hybridized carbons (Fsp3) is 0.533. The van der Waals surface area contributed by atoms with Crippen LogP contribution < -0.4 is 5.73 Å². The molecule has 0 saturated carbocycles. The van der Waals surface area contributed by atoms with Crippen molar-refractivity contribution >= 4 is 6.09 Å². The van der Waals surface area contributed by atoms with Crippen LogP contribution in [0.15, 0.2) is 24.3 Å². The number of hydrogen-bond donors (Lipinski definition) is 2. The first-order chi connectivity index (χ1) is 9.28. The molecule has 1 aromatic rings. The fourth-order valence-electron chi connectivity index (χ4n) is 2.43. The van der Waals surface area contributed by atoms with E-state index < -0.39 is 5.60 Å². The summed E-state index contributed by atoms with van der Waals surface area (Å²) in [6.45, 7) is 6.41. The number of carbonyl (C=O) groups is 1. The number of benzene rings is 1. The summed E-state index contributed by atoms with van der Waals surface area (Å²) in [5.41, 5.74) is 6.37. The molecule has 110 valence electrons. The SMILES string of the molecule is CC(C)(C)OC(=O)N1CC(N)C(c2ccccc2O)C1. The van der Waals surface area contributed by atoms with E-state index >= 15 is 0 Å². The molecule has 2 atom stereocenters. The van der Waals surface area contributed by atoms with Crippen molar-refractivity contribution in [1.29, 1.82) is 0 Å². The van der Waals surface area contributed by atoms with Gasteiger partial charge in [-0.05, 0) is 26.8 Å². The van der Waals surface area contributed by atoms with Gasteiger partial charge in [-0.1, -0.05) is 18.2 Å². The van der Waals surface area contributed by atoms with E-state index in [4.69, 9.17) is 10.5 Å². The summed E-state index contributed by atoms with van der Waals surface area (Å²) >= 11 is 0. The van der Waals surface area contributed by atoms with Crippen molar-refractivity contribution in [3.05, 3.63) is 29.8 Å². The van der Waals surface area contributed by atoms with Crippen LogP contribution >= 0.6 is 0 Å². The van der Waals surface area contributed by atoms with E-state index in [0.717, 1.165) is 5.56 Å². The smallest absolute Gasteiger partial charge is 0.410 e. The average Bonchev–Trinajstić information content (AvgIpc) is 2.70. The van der Waals surface area contributed by atoms with Crippen molar-refractivity contribution < 1.29 is 14.6 Å². The molecule has 0 spiro atoms. The van der Waals surface area contributed by atoms with Crippen molar-refractivity contribution in [2.45, 2.75) is 38.3 Å². The lowest BCUT2D eigenvalue weighted by molar-refractivity contribution is 0.0290. The number of nitrogens with two attached hydrogens (primary N) is 1. The van der Waals surface area contributed by atoms with E-state index in [-0.39, 0.29) is 23.8 Å². The van der Waals surface area contributed by atoms with Gasteiger partial charge < -0.3 is 20.5 Å². The lowest BCUT2D eigenvalue weighted by Crippen LogP contribution is -2.36. The lowest BCUT2D eigenvalue weighted by atomic mass is 9.94. The molecule has 1 aromatic carbocycles. The topological polar surface area (TPSA) is 75.8 Å². The van der Waals surface area contributed by atoms with Crippen LogP contribution in [-0.2, 0) is 4.74 Å². The molecular weight excluding hydrogens is 256 g/mol. The molecule has 1 heterocycles. The number of hydrogen-bond acceptors (Lipinski definition) is 4. The van der Waals surface area contributed by atoms with Crippen LogP contribution in [0.25, 0.3) is 0 Å². The Hall–Kier alpha value is -1.75. The molecule has 3 N–H and O–H groups in total. The molecule has 5 nitrogen and oxygen atoms in total. The van der Waals surface area contributed by atoms with Gasteiger partial charge in [0, 0.05) is 30.6 Å². The average molecular weight is 278 g/mol. The van der Waals surface area contributed by atoms with Crippen LogP contribution in [0.3, 0.4) is 0 Å². The number of nitrogens with zero attached hydrogens (tertiary/aromatic N) is 1. The zero-order chi connectivity index (χ0) is 14.9. The molecular formula is C15H22N2O3. The van der Waals surface area contributed by atoms with Crippen molar-refractivity contribution in [2.24, 2.45) is 5.73 Å². The molecule has 1 aliphatic heterocycles. The van der Waals surface area contributed by atoms with E-state index in [1.807, 2.05) is 32.9 Å². The van der Waals surface area contributed by atoms with Crippen molar-refractivity contribution in [1.82, 2.24) is 4.90 Å². The van der Waals surface area contributed by atoms with Gasteiger partial charge in [0.25, 0.3) is 0 Å². The number of aromatic hydroxyl groups is 1. The van der Waals surface area contributed by atoms with Gasteiger partial charge in [0.1, 0.15) is 11.4 Å². The minimum absolute atomic E-state index is 0.0660. The molecule has 5 heteroatoms. The minimum atomic E-state index is -0.520. The van der Waals surface area contributed by atoms with Crippen LogP contribution in [0, 0.1) is 0 Å². The molecule has 0 aromatic heterocycles. The zero-order valence-corrected chi connectivity index (χ0v) is 12.2. The highest BCUT2D eigenvalue weighted by Crippen LogP contribution is 2.32. The van der Waals surface area contributed by atoms with E-state index in [0.29, 0.717) is 13.1 Å². The third kappa shape index (κ3) is 3.22. The highest BCUT2D eigenvalue weighted by Gasteiger charge is 2.36. The standard InChI is InChI=1S/C15H22N2O3/c1-15(2,3)20-14(19)17-8-11(12(16)9-17)10-6-4-5-7-13(10)18/h4-7,11-12,18H,8-9,16H2,1-3H3. The van der Waals surface area contributed by atoms with Gasteiger partial charge >= 0.3 is 6.09 Å². The maximum atomic E-state index is 12.1. The van der Waals surface area contributed by atoms with Gasteiger partial charge in [-0.15, -0.1) is 0 Å². The highest BCUT2D eigenvalue weighted by atomic mass is 16.6. The predicted molar refractivity (Wildman–Crippen MR) is 76.6 cm³/mol. The third-order valence-electron chi connectivity index (χ3n) is 3.35. The van der Waals surface area contributed by atoms with Crippen molar-refractivity contribution in [3.63, 3.8) is 0 Å². The van der Waals surface area contributed by atoms with E-state index in [1.165, 1.54) is 0 Å². The van der Waals surface area contributed by atoms with E-state index in [2.05, 4.69) is 0 Å². The molecule has 2 rings (SSSR count). The number of phenols is 1. The van der Waals surface area contributed by atoms with Crippen LogP contribution in [0.5, 0.6) is 5.75 Å². The van der Waals surface area contributed by atoms with Gasteiger partial charge in [-0.25, -0.2) is 4.79 Å². The van der Waals surface area contributed by atoms with Gasteiger partial charge in [0.15, 0.2) is 0 Å². The van der Waals surface area contributed by atoms with Crippen LogP contribution in [0.4, 0.5) is 4.79 Å². The Morgan fingerprint density at radius 3 is 2.60 bits per heavy atom. The Bertz CT molecular complexity index is 496. The maximum absolute atomic E-state index is 12.1. The summed E-state index contributed by atoms with van der Waals surface area (Å²) in [5, 5.41) is 9.91. The van der Waals surface area contributed by atoms with Gasteiger partial charge in [-0.2, -0.15) is 0 Å². The molecule has 1 aliphatic rings. The summed E-state index contributed by atoms with van der Waals surface area (Å²) in [7, 11) is 0. The Balaban J connectivity index is 2.10. The molecule has 0 bridgehead atoms. The first-order valence-electron chi connectivity index (χ1n) is 6.79. The third-order valence-corrected chi connectivity index (χ3v) is 3.35. The first kappa shape index (κ1) is 14.7. The summed E-state index contributed by atoms with van der Waals surface area (Å²) in [6, 6.07) is 6.91. The molecule has 1 amide bonds. The molecule has 20 heavy (non-hydrogen) atoms. The molecule has 0 aliphatic carbocycles. The van der Waals surface area contributed by atoms with E-state index in [1.54, 1.807) is 17.0 Å². The summed E-state index contributed by atoms with van der Waals surface area (Å²) in [4.78, 5) is 13.7.